The number of rotatable bonds is 0. The number of hydrogen-bond donors (Lipinski definition) is 0. The average molecular weight is 381 g/mol. The highest BCUT2D eigenvalue weighted by Gasteiger charge is 2.53. The van der Waals surface area contributed by atoms with Gasteiger partial charge in [-0.2, -0.15) is 0 Å². The maximum absolute atomic E-state index is 12.1. The van der Waals surface area contributed by atoms with E-state index in [-0.39, 0.29) is 17.2 Å². The van der Waals surface area contributed by atoms with Crippen molar-refractivity contribution < 1.29 is 9.53 Å². The Bertz CT molecular complexity index is 384. The fourth-order valence-corrected chi connectivity index (χ4v) is 4.27. The minimum absolute atomic E-state index is 0.125. The van der Waals surface area contributed by atoms with E-state index in [4.69, 9.17) is 4.74 Å². The van der Waals surface area contributed by atoms with Gasteiger partial charge in [-0.1, -0.05) is 0 Å². The lowest BCUT2D eigenvalue weighted by molar-refractivity contribution is -0.0507. The van der Waals surface area contributed by atoms with Gasteiger partial charge >= 0.3 is 6.09 Å². The third-order valence-electron chi connectivity index (χ3n) is 4.32. The van der Waals surface area contributed by atoms with Crippen LogP contribution in [0.2, 0.25) is 0 Å². The number of fused-ring (bicyclic) bond motifs is 2. The SMILES string of the molecule is COC(=O)N1[C@@]2(C)CCC[C@]1(C)CC(=C(Br)Br)C2. The molecule has 2 atom stereocenters. The number of carbonyl (C=O) groups is 1. The zero-order valence-corrected chi connectivity index (χ0v) is 14.2. The van der Waals surface area contributed by atoms with Crippen molar-refractivity contribution in [3.05, 3.63) is 8.96 Å². The van der Waals surface area contributed by atoms with Gasteiger partial charge in [0.25, 0.3) is 0 Å². The topological polar surface area (TPSA) is 29.5 Å². The van der Waals surface area contributed by atoms with Crippen molar-refractivity contribution in [2.45, 2.75) is 57.0 Å². The van der Waals surface area contributed by atoms with Gasteiger partial charge in [0.1, 0.15) is 0 Å². The predicted octanol–water partition coefficient (Wildman–Crippen LogP) is 4.55. The first-order valence-corrected chi connectivity index (χ1v) is 7.82. The fraction of sp³-hybridized carbons (Fsp3) is 0.769. The van der Waals surface area contributed by atoms with E-state index in [1.54, 1.807) is 0 Å². The lowest BCUT2D eigenvalue weighted by Gasteiger charge is -2.58. The second-order valence-corrected chi connectivity index (χ2v) is 8.52. The molecule has 0 unspecified atom stereocenters. The van der Waals surface area contributed by atoms with Gasteiger partial charge in [0.05, 0.1) is 10.5 Å². The molecule has 2 fully saturated rings. The third kappa shape index (κ3) is 2.24. The van der Waals surface area contributed by atoms with Gasteiger partial charge in [0.15, 0.2) is 0 Å². The molecule has 2 saturated heterocycles. The number of halogens is 2. The first-order valence-electron chi connectivity index (χ1n) is 6.24. The van der Waals surface area contributed by atoms with Crippen molar-refractivity contribution in [3.8, 4) is 0 Å². The molecule has 0 spiro atoms. The van der Waals surface area contributed by atoms with E-state index in [0.29, 0.717) is 0 Å². The standard InChI is InChI=1S/C13H19Br2NO2/c1-12-5-4-6-13(2,16(12)11(17)18-3)8-9(7-12)10(14)15/h4-8H2,1-3H3/t12-,13+. The molecular weight excluding hydrogens is 362 g/mol. The Morgan fingerprint density at radius 1 is 1.22 bits per heavy atom. The summed E-state index contributed by atoms with van der Waals surface area (Å²) in [5.74, 6) is 0. The summed E-state index contributed by atoms with van der Waals surface area (Å²) in [6.45, 7) is 4.34. The smallest absolute Gasteiger partial charge is 0.410 e. The van der Waals surface area contributed by atoms with Crippen LogP contribution in [0.15, 0.2) is 8.96 Å². The zero-order chi connectivity index (χ0) is 13.6. The minimum Gasteiger partial charge on any atom is -0.453 e. The van der Waals surface area contributed by atoms with Crippen molar-refractivity contribution in [2.24, 2.45) is 0 Å². The molecule has 3 nitrogen and oxygen atoms in total. The highest BCUT2D eigenvalue weighted by molar-refractivity contribution is 9.28. The molecule has 0 aromatic heterocycles. The van der Waals surface area contributed by atoms with Gasteiger partial charge in [-0.05, 0) is 83.4 Å². The summed E-state index contributed by atoms with van der Waals surface area (Å²) in [6.07, 6.45) is 4.87. The Morgan fingerprint density at radius 3 is 2.11 bits per heavy atom. The summed E-state index contributed by atoms with van der Waals surface area (Å²) in [6, 6.07) is 0. The molecule has 2 aliphatic heterocycles. The van der Waals surface area contributed by atoms with Crippen LogP contribution < -0.4 is 0 Å². The summed E-state index contributed by atoms with van der Waals surface area (Å²) in [5.41, 5.74) is 1.11. The molecule has 5 heteroatoms. The average Bonchev–Trinajstić information content (AvgIpc) is 2.25. The van der Waals surface area contributed by atoms with Crippen molar-refractivity contribution >= 4 is 38.0 Å². The largest absolute Gasteiger partial charge is 0.453 e. The normalized spacial score (nSPS) is 35.4. The van der Waals surface area contributed by atoms with Crippen LogP contribution in [-0.4, -0.2) is 29.2 Å². The minimum atomic E-state index is -0.190. The molecule has 0 N–H and O–H groups in total. The number of methoxy groups -OCH3 is 1. The van der Waals surface area contributed by atoms with Crippen LogP contribution in [0.3, 0.4) is 0 Å². The van der Waals surface area contributed by atoms with Gasteiger partial charge in [0, 0.05) is 11.1 Å². The Morgan fingerprint density at radius 2 is 1.72 bits per heavy atom. The molecule has 0 radical (unpaired) electrons. The Hall–Kier alpha value is -0.0300. The predicted molar refractivity (Wildman–Crippen MR) is 79.0 cm³/mol. The van der Waals surface area contributed by atoms with E-state index in [9.17, 15) is 4.79 Å². The van der Waals surface area contributed by atoms with Gasteiger partial charge < -0.3 is 4.74 Å². The number of hydrogen-bond acceptors (Lipinski definition) is 2. The molecule has 1 amide bonds. The summed E-state index contributed by atoms with van der Waals surface area (Å²) in [7, 11) is 1.47. The van der Waals surface area contributed by atoms with Gasteiger partial charge in [-0.3, -0.25) is 4.90 Å². The van der Waals surface area contributed by atoms with Crippen LogP contribution in [0.1, 0.15) is 46.0 Å². The second kappa shape index (κ2) is 4.82. The van der Waals surface area contributed by atoms with E-state index in [0.717, 1.165) is 29.1 Å². The molecule has 0 aromatic carbocycles. The number of ether oxygens (including phenoxy) is 1. The molecule has 2 heterocycles. The number of piperidine rings is 2. The molecule has 2 rings (SSSR count). The Labute approximate surface area is 125 Å². The van der Waals surface area contributed by atoms with E-state index in [1.165, 1.54) is 19.1 Å². The molecule has 2 bridgehead atoms. The van der Waals surface area contributed by atoms with E-state index < -0.39 is 0 Å². The molecule has 0 saturated carbocycles. The van der Waals surface area contributed by atoms with Gasteiger partial charge in [-0.25, -0.2) is 4.79 Å². The van der Waals surface area contributed by atoms with Crippen molar-refractivity contribution in [1.29, 1.82) is 0 Å². The number of nitrogens with zero attached hydrogens (tertiary/aromatic N) is 1. The monoisotopic (exact) mass is 379 g/mol. The number of carbonyl (C=O) groups excluding carboxylic acids is 1. The lowest BCUT2D eigenvalue weighted by Crippen LogP contribution is -2.66. The van der Waals surface area contributed by atoms with E-state index in [2.05, 4.69) is 45.7 Å². The molecular formula is C13H19Br2NO2. The molecule has 102 valence electrons. The summed E-state index contributed by atoms with van der Waals surface area (Å²) >= 11 is 7.06. The van der Waals surface area contributed by atoms with Crippen LogP contribution in [0.5, 0.6) is 0 Å². The van der Waals surface area contributed by atoms with Crippen LogP contribution in [0, 0.1) is 0 Å². The maximum atomic E-state index is 12.1. The Kier molecular flexibility index (Phi) is 3.85. The van der Waals surface area contributed by atoms with Crippen LogP contribution in [0.25, 0.3) is 0 Å². The van der Waals surface area contributed by atoms with Gasteiger partial charge in [-0.15, -0.1) is 0 Å². The van der Waals surface area contributed by atoms with Crippen LogP contribution >= 0.6 is 31.9 Å². The quantitative estimate of drug-likeness (QED) is 0.616. The van der Waals surface area contributed by atoms with Crippen molar-refractivity contribution in [1.82, 2.24) is 4.90 Å². The number of amides is 1. The van der Waals surface area contributed by atoms with Crippen molar-refractivity contribution in [2.75, 3.05) is 7.11 Å². The van der Waals surface area contributed by atoms with E-state index >= 15 is 0 Å². The third-order valence-corrected chi connectivity index (χ3v) is 5.44. The highest BCUT2D eigenvalue weighted by Crippen LogP contribution is 2.51. The van der Waals surface area contributed by atoms with Crippen LogP contribution in [-0.2, 0) is 4.74 Å². The zero-order valence-electron chi connectivity index (χ0n) is 11.1. The molecule has 0 aliphatic carbocycles. The first kappa shape index (κ1) is 14.4. The summed E-state index contributed by atoms with van der Waals surface area (Å²) < 4.78 is 6.04. The summed E-state index contributed by atoms with van der Waals surface area (Å²) in [5, 5.41) is 0. The van der Waals surface area contributed by atoms with Crippen LogP contribution in [0.4, 0.5) is 4.79 Å². The molecule has 0 aromatic rings. The molecule has 2 aliphatic rings. The van der Waals surface area contributed by atoms with Gasteiger partial charge in [0.2, 0.25) is 0 Å². The molecule has 18 heavy (non-hydrogen) atoms. The Balaban J connectivity index is 2.44. The second-order valence-electron chi connectivity index (χ2n) is 5.87. The fourth-order valence-electron chi connectivity index (χ4n) is 3.71. The first-order chi connectivity index (χ1) is 8.32. The van der Waals surface area contributed by atoms with E-state index in [1.807, 2.05) is 4.90 Å². The lowest BCUT2D eigenvalue weighted by atomic mass is 9.67. The van der Waals surface area contributed by atoms with Crippen molar-refractivity contribution in [3.63, 3.8) is 0 Å². The maximum Gasteiger partial charge on any atom is 0.410 e. The summed E-state index contributed by atoms with van der Waals surface area (Å²) in [4.78, 5) is 14.1. The highest BCUT2D eigenvalue weighted by atomic mass is 79.9.